The number of carbonyl (C=O) groups excluding carboxylic acids is 1. The van der Waals surface area contributed by atoms with Crippen molar-refractivity contribution in [2.24, 2.45) is 5.73 Å². The Kier molecular flexibility index (Phi) is 2.33. The van der Waals surface area contributed by atoms with Crippen LogP contribution in [0.5, 0.6) is 0 Å². The number of hydrogen-bond donors (Lipinski definition) is 1. The zero-order chi connectivity index (χ0) is 11.1. The monoisotopic (exact) mass is 199 g/mol. The van der Waals surface area contributed by atoms with Crippen molar-refractivity contribution in [3.8, 4) is 0 Å². The van der Waals surface area contributed by atoms with Crippen LogP contribution in [-0.2, 0) is 9.94 Å². The van der Waals surface area contributed by atoms with Gasteiger partial charge in [0.15, 0.2) is 0 Å². The van der Waals surface area contributed by atoms with E-state index < -0.39 is 17.2 Å². The highest BCUT2D eigenvalue weighted by Gasteiger charge is 2.48. The molecule has 0 aromatic carbocycles. The van der Waals surface area contributed by atoms with Crippen molar-refractivity contribution in [3.63, 3.8) is 0 Å². The van der Waals surface area contributed by atoms with Gasteiger partial charge in [-0.1, -0.05) is 0 Å². The minimum absolute atomic E-state index is 0.310. The Labute approximate surface area is 83.1 Å². The first kappa shape index (κ1) is 11.0. The van der Waals surface area contributed by atoms with Gasteiger partial charge in [-0.2, -0.15) is 0 Å². The summed E-state index contributed by atoms with van der Waals surface area (Å²) in [6.45, 7) is 6.87. The Hall–Kier alpha value is -1.07. The number of carbonyl (C=O) groups is 1. The first-order chi connectivity index (χ1) is 6.18. The normalized spacial score (nSPS) is 24.5. The Morgan fingerprint density at radius 2 is 1.93 bits per heavy atom. The third-order valence-corrected chi connectivity index (χ3v) is 2.33. The van der Waals surface area contributed by atoms with Crippen LogP contribution in [0.1, 0.15) is 27.7 Å². The van der Waals surface area contributed by atoms with Crippen molar-refractivity contribution in [2.75, 3.05) is 0 Å². The number of rotatable bonds is 1. The fraction of sp³-hybridized carbons (Fsp3) is 0.667. The van der Waals surface area contributed by atoms with Gasteiger partial charge in [-0.3, -0.25) is 0 Å². The molecule has 0 aliphatic carbocycles. The van der Waals surface area contributed by atoms with Crippen LogP contribution in [0.15, 0.2) is 11.8 Å². The molecule has 0 saturated heterocycles. The number of hydroxylamine groups is 2. The van der Waals surface area contributed by atoms with Crippen LogP contribution in [0.3, 0.4) is 0 Å². The highest BCUT2D eigenvalue weighted by molar-refractivity contribution is 5.66. The van der Waals surface area contributed by atoms with E-state index in [1.165, 1.54) is 0 Å². The van der Waals surface area contributed by atoms with Crippen LogP contribution in [-0.4, -0.2) is 22.2 Å². The molecule has 0 spiro atoms. The molecule has 14 heavy (non-hydrogen) atoms. The maximum absolute atomic E-state index is 11.8. The Balaban J connectivity index is 3.00. The molecule has 1 amide bonds. The molecule has 1 rings (SSSR count). The van der Waals surface area contributed by atoms with Crippen LogP contribution >= 0.6 is 0 Å². The van der Waals surface area contributed by atoms with Gasteiger partial charge in [-0.05, 0) is 33.8 Å². The lowest BCUT2D eigenvalue weighted by atomic mass is 10.1. The SMILES string of the molecule is CC1(C)C=C(OC(N)=O)C(C)(C)N1[O]. The van der Waals surface area contributed by atoms with Crippen molar-refractivity contribution in [1.82, 2.24) is 5.06 Å². The average molecular weight is 199 g/mol. The highest BCUT2D eigenvalue weighted by Crippen LogP contribution is 2.38. The summed E-state index contributed by atoms with van der Waals surface area (Å²) in [7, 11) is 0. The molecule has 0 bridgehead atoms. The van der Waals surface area contributed by atoms with Gasteiger partial charge in [0.1, 0.15) is 11.3 Å². The summed E-state index contributed by atoms with van der Waals surface area (Å²) in [4.78, 5) is 10.6. The fourth-order valence-corrected chi connectivity index (χ4v) is 1.64. The molecule has 2 N–H and O–H groups in total. The largest absolute Gasteiger partial charge is 0.413 e. The van der Waals surface area contributed by atoms with E-state index in [2.05, 4.69) is 0 Å². The van der Waals surface area contributed by atoms with Gasteiger partial charge in [0, 0.05) is 0 Å². The molecule has 0 fully saturated rings. The highest BCUT2D eigenvalue weighted by atomic mass is 16.6. The van der Waals surface area contributed by atoms with Crippen LogP contribution in [0, 0.1) is 0 Å². The fourth-order valence-electron chi connectivity index (χ4n) is 1.64. The summed E-state index contributed by atoms with van der Waals surface area (Å²) >= 11 is 0. The molecule has 1 aliphatic heterocycles. The van der Waals surface area contributed by atoms with Crippen molar-refractivity contribution in [2.45, 2.75) is 38.8 Å². The third-order valence-electron chi connectivity index (χ3n) is 2.33. The number of ether oxygens (including phenoxy) is 1. The lowest BCUT2D eigenvalue weighted by Gasteiger charge is -2.32. The van der Waals surface area contributed by atoms with Gasteiger partial charge in [0.25, 0.3) is 0 Å². The Bertz CT molecular complexity index is 294. The molecule has 0 aromatic heterocycles. The molecule has 1 heterocycles. The van der Waals surface area contributed by atoms with E-state index >= 15 is 0 Å². The molecule has 0 atom stereocenters. The summed E-state index contributed by atoms with van der Waals surface area (Å²) in [6, 6.07) is 0. The molecular weight excluding hydrogens is 184 g/mol. The molecule has 0 aromatic rings. The summed E-state index contributed by atoms with van der Waals surface area (Å²) in [5.41, 5.74) is 3.38. The topological polar surface area (TPSA) is 75.5 Å². The van der Waals surface area contributed by atoms with E-state index in [4.69, 9.17) is 10.5 Å². The smallest absolute Gasteiger partial charge is 0.409 e. The molecule has 5 nitrogen and oxygen atoms in total. The molecule has 1 aliphatic rings. The van der Waals surface area contributed by atoms with E-state index in [9.17, 15) is 10.0 Å². The van der Waals surface area contributed by atoms with E-state index in [1.807, 2.05) is 0 Å². The van der Waals surface area contributed by atoms with Crippen molar-refractivity contribution in [3.05, 3.63) is 11.8 Å². The zero-order valence-electron chi connectivity index (χ0n) is 8.83. The standard InChI is InChI=1S/C9H15N2O3/c1-8(2)5-6(14-7(10)12)9(3,4)11(8)13/h5H,1-4H3,(H2,10,12). The lowest BCUT2D eigenvalue weighted by Crippen LogP contribution is -2.47. The van der Waals surface area contributed by atoms with Crippen LogP contribution in [0.4, 0.5) is 4.79 Å². The maximum Gasteiger partial charge on any atom is 0.409 e. The summed E-state index contributed by atoms with van der Waals surface area (Å²) in [5, 5.41) is 12.7. The number of primary amides is 1. The Morgan fingerprint density at radius 1 is 1.43 bits per heavy atom. The van der Waals surface area contributed by atoms with Gasteiger partial charge in [-0.25, -0.2) is 4.79 Å². The van der Waals surface area contributed by atoms with Crippen LogP contribution in [0.25, 0.3) is 0 Å². The molecule has 5 heteroatoms. The van der Waals surface area contributed by atoms with Crippen molar-refractivity contribution >= 4 is 6.09 Å². The van der Waals surface area contributed by atoms with Gasteiger partial charge < -0.3 is 10.5 Å². The summed E-state index contributed by atoms with van der Waals surface area (Å²) in [5.74, 6) is 0.310. The number of hydrogen-bond acceptors (Lipinski definition) is 3. The first-order valence-electron chi connectivity index (χ1n) is 4.36. The van der Waals surface area contributed by atoms with Gasteiger partial charge >= 0.3 is 6.09 Å². The minimum Gasteiger partial charge on any atom is -0.413 e. The molecule has 79 valence electrons. The zero-order valence-corrected chi connectivity index (χ0v) is 8.83. The summed E-state index contributed by atoms with van der Waals surface area (Å²) < 4.78 is 4.79. The van der Waals surface area contributed by atoms with Gasteiger partial charge in [0.2, 0.25) is 0 Å². The molecule has 0 unspecified atom stereocenters. The van der Waals surface area contributed by atoms with Gasteiger partial charge in [-0.15, -0.1) is 10.3 Å². The van der Waals surface area contributed by atoms with Crippen LogP contribution < -0.4 is 5.73 Å². The van der Waals surface area contributed by atoms with E-state index in [-0.39, 0.29) is 0 Å². The maximum atomic E-state index is 11.8. The van der Waals surface area contributed by atoms with E-state index in [1.54, 1.807) is 33.8 Å². The minimum atomic E-state index is -0.893. The van der Waals surface area contributed by atoms with E-state index in [0.717, 1.165) is 5.06 Å². The lowest BCUT2D eigenvalue weighted by molar-refractivity contribution is -0.242. The number of amides is 1. The quantitative estimate of drug-likeness (QED) is 0.689. The van der Waals surface area contributed by atoms with Crippen molar-refractivity contribution in [1.29, 1.82) is 0 Å². The summed E-state index contributed by atoms with van der Waals surface area (Å²) in [6.07, 6.45) is 0.723. The van der Waals surface area contributed by atoms with E-state index in [0.29, 0.717) is 5.76 Å². The van der Waals surface area contributed by atoms with Crippen molar-refractivity contribution < 1.29 is 14.7 Å². The average Bonchev–Trinajstić information content (AvgIpc) is 2.12. The Morgan fingerprint density at radius 3 is 2.21 bits per heavy atom. The third kappa shape index (κ3) is 1.60. The first-order valence-corrected chi connectivity index (χ1v) is 4.36. The second-order valence-electron chi connectivity index (χ2n) is 4.44. The molecular formula is C9H15N2O3. The van der Waals surface area contributed by atoms with Gasteiger partial charge in [0.05, 0.1) is 5.54 Å². The second kappa shape index (κ2) is 2.96. The molecule has 1 radical (unpaired) electrons. The second-order valence-corrected chi connectivity index (χ2v) is 4.44. The predicted octanol–water partition coefficient (Wildman–Crippen LogP) is 1.18. The number of nitrogens with two attached hydrogens (primary N) is 1. The molecule has 0 saturated carbocycles. The van der Waals surface area contributed by atoms with Crippen LogP contribution in [0.2, 0.25) is 0 Å². The number of nitrogens with zero attached hydrogens (tertiary/aromatic N) is 1. The predicted molar refractivity (Wildman–Crippen MR) is 49.4 cm³/mol.